The van der Waals surface area contributed by atoms with Gasteiger partial charge in [-0.2, -0.15) is 0 Å². The van der Waals surface area contributed by atoms with Crippen LogP contribution in [0.1, 0.15) is 6.42 Å². The number of carbonyl (C=O) groups is 2. The second kappa shape index (κ2) is 8.53. The first kappa shape index (κ1) is 15.5. The Kier molecular flexibility index (Phi) is 6.95. The number of rotatable bonds is 7. The number of hydrogen-bond acceptors (Lipinski definition) is 4. The number of amides is 1. The fourth-order valence-electron chi connectivity index (χ4n) is 1.28. The molecule has 0 aliphatic heterocycles. The Labute approximate surface area is 120 Å². The van der Waals surface area contributed by atoms with E-state index >= 15 is 0 Å². The molecule has 6 heteroatoms. The van der Waals surface area contributed by atoms with E-state index in [2.05, 4.69) is 26.0 Å². The van der Waals surface area contributed by atoms with Crippen LogP contribution in [0.15, 0.2) is 30.3 Å². The molecule has 5 nitrogen and oxygen atoms in total. The van der Waals surface area contributed by atoms with Gasteiger partial charge in [-0.25, -0.2) is 0 Å². The normalized spacial score (nSPS) is 11.5. The van der Waals surface area contributed by atoms with Crippen LogP contribution in [0.25, 0.3) is 0 Å². The maximum Gasteiger partial charge on any atom is 0.321 e. The Morgan fingerprint density at radius 3 is 2.63 bits per heavy atom. The van der Waals surface area contributed by atoms with Gasteiger partial charge in [0.15, 0.2) is 0 Å². The van der Waals surface area contributed by atoms with E-state index in [1.807, 2.05) is 30.3 Å². The molecule has 1 atom stereocenters. The second-order valence-electron chi connectivity index (χ2n) is 3.71. The summed E-state index contributed by atoms with van der Waals surface area (Å²) in [5, 5.41) is 2.62. The average Bonchev–Trinajstić information content (AvgIpc) is 2.45. The number of esters is 1. The predicted molar refractivity (Wildman–Crippen MR) is 74.3 cm³/mol. The van der Waals surface area contributed by atoms with Gasteiger partial charge in [0, 0.05) is 6.54 Å². The molecular formula is C13H16BrNO4. The molecule has 19 heavy (non-hydrogen) atoms. The third-order valence-corrected chi connectivity index (χ3v) is 2.97. The molecule has 0 aromatic heterocycles. The summed E-state index contributed by atoms with van der Waals surface area (Å²) in [6.07, 6.45) is 0.232. The van der Waals surface area contributed by atoms with Gasteiger partial charge in [-0.1, -0.05) is 34.1 Å². The summed E-state index contributed by atoms with van der Waals surface area (Å²) < 4.78 is 9.91. The summed E-state index contributed by atoms with van der Waals surface area (Å²) in [5.41, 5.74) is 0. The summed E-state index contributed by atoms with van der Waals surface area (Å²) in [6, 6.07) is 9.26. The molecule has 0 aliphatic rings. The van der Waals surface area contributed by atoms with Crippen molar-refractivity contribution in [3.8, 4) is 5.75 Å². The molecule has 0 bridgehead atoms. The van der Waals surface area contributed by atoms with Gasteiger partial charge in [-0.3, -0.25) is 9.59 Å². The number of carbonyl (C=O) groups excluding carboxylic acids is 2. The Bertz CT molecular complexity index is 410. The molecule has 0 saturated heterocycles. The summed E-state index contributed by atoms with van der Waals surface area (Å²) in [5.74, 6) is 0.133. The Morgan fingerprint density at radius 2 is 2.00 bits per heavy atom. The third kappa shape index (κ3) is 6.24. The molecule has 0 spiro atoms. The first-order chi connectivity index (χ1) is 9.13. The van der Waals surface area contributed by atoms with Crippen LogP contribution in [0.2, 0.25) is 0 Å². The molecular weight excluding hydrogens is 314 g/mol. The van der Waals surface area contributed by atoms with Crippen LogP contribution in [0.3, 0.4) is 0 Å². The van der Waals surface area contributed by atoms with Crippen molar-refractivity contribution in [3.63, 3.8) is 0 Å². The van der Waals surface area contributed by atoms with Crippen LogP contribution in [-0.2, 0) is 14.3 Å². The van der Waals surface area contributed by atoms with Gasteiger partial charge in [0.05, 0.1) is 20.1 Å². The van der Waals surface area contributed by atoms with E-state index in [1.165, 1.54) is 7.11 Å². The zero-order valence-corrected chi connectivity index (χ0v) is 12.2. The lowest BCUT2D eigenvalue weighted by Crippen LogP contribution is -2.34. The van der Waals surface area contributed by atoms with Crippen LogP contribution in [0, 0.1) is 0 Å². The van der Waals surface area contributed by atoms with Crippen molar-refractivity contribution in [2.24, 2.45) is 0 Å². The van der Waals surface area contributed by atoms with E-state index in [1.54, 1.807) is 0 Å². The molecule has 0 fully saturated rings. The van der Waals surface area contributed by atoms with Crippen LogP contribution < -0.4 is 10.1 Å². The first-order valence-corrected chi connectivity index (χ1v) is 6.71. The van der Waals surface area contributed by atoms with Crippen molar-refractivity contribution in [2.45, 2.75) is 11.2 Å². The highest BCUT2D eigenvalue weighted by atomic mass is 79.9. The Morgan fingerprint density at radius 1 is 1.32 bits per heavy atom. The SMILES string of the molecule is COC(=O)C(Br)CNC(=O)CCOc1ccccc1. The lowest BCUT2D eigenvalue weighted by Gasteiger charge is -2.09. The molecule has 1 unspecified atom stereocenters. The maximum atomic E-state index is 11.5. The maximum absolute atomic E-state index is 11.5. The summed E-state index contributed by atoms with van der Waals surface area (Å²) >= 11 is 3.12. The monoisotopic (exact) mass is 329 g/mol. The first-order valence-electron chi connectivity index (χ1n) is 5.80. The number of alkyl halides is 1. The molecule has 1 rings (SSSR count). The minimum absolute atomic E-state index is 0.177. The molecule has 1 aromatic rings. The number of benzene rings is 1. The fraction of sp³-hybridized carbons (Fsp3) is 0.385. The smallest absolute Gasteiger partial charge is 0.321 e. The van der Waals surface area contributed by atoms with E-state index in [-0.39, 0.29) is 18.9 Å². The van der Waals surface area contributed by atoms with Crippen molar-refractivity contribution < 1.29 is 19.1 Å². The predicted octanol–water partition coefficient (Wildman–Crippen LogP) is 1.51. The number of ether oxygens (including phenoxy) is 2. The molecule has 0 heterocycles. The summed E-state index contributed by atoms with van der Waals surface area (Å²) in [4.78, 5) is 22.0. The van der Waals surface area contributed by atoms with E-state index in [9.17, 15) is 9.59 Å². The number of para-hydroxylation sites is 1. The number of nitrogens with one attached hydrogen (secondary N) is 1. The Balaban J connectivity index is 2.16. The highest BCUT2D eigenvalue weighted by Crippen LogP contribution is 2.08. The third-order valence-electron chi connectivity index (χ3n) is 2.28. The highest BCUT2D eigenvalue weighted by molar-refractivity contribution is 9.10. The molecule has 104 valence electrons. The van der Waals surface area contributed by atoms with Gasteiger partial charge in [-0.05, 0) is 12.1 Å². The van der Waals surface area contributed by atoms with Crippen molar-refractivity contribution in [1.82, 2.24) is 5.32 Å². The zero-order chi connectivity index (χ0) is 14.1. The minimum atomic E-state index is -0.531. The fourth-order valence-corrected chi connectivity index (χ4v) is 1.63. The van der Waals surface area contributed by atoms with Crippen LogP contribution >= 0.6 is 15.9 Å². The Hall–Kier alpha value is -1.56. The molecule has 0 aliphatic carbocycles. The van der Waals surface area contributed by atoms with Crippen LogP contribution in [-0.4, -0.2) is 37.0 Å². The summed E-state index contributed by atoms with van der Waals surface area (Å²) in [7, 11) is 1.30. The second-order valence-corrected chi connectivity index (χ2v) is 4.81. The lowest BCUT2D eigenvalue weighted by molar-refractivity contribution is -0.139. The van der Waals surface area contributed by atoms with E-state index in [0.717, 1.165) is 5.75 Å². The standard InChI is InChI=1S/C13H16BrNO4/c1-18-13(17)11(14)9-15-12(16)7-8-19-10-5-3-2-4-6-10/h2-6,11H,7-9H2,1H3,(H,15,16). The van der Waals surface area contributed by atoms with Gasteiger partial charge < -0.3 is 14.8 Å². The van der Waals surface area contributed by atoms with Gasteiger partial charge >= 0.3 is 5.97 Å². The molecule has 1 N–H and O–H groups in total. The number of halogens is 1. The quantitative estimate of drug-likeness (QED) is 0.608. The van der Waals surface area contributed by atoms with Gasteiger partial charge in [0.1, 0.15) is 10.6 Å². The topological polar surface area (TPSA) is 64.6 Å². The van der Waals surface area contributed by atoms with Crippen molar-refractivity contribution >= 4 is 27.8 Å². The van der Waals surface area contributed by atoms with Gasteiger partial charge in [0.25, 0.3) is 0 Å². The zero-order valence-electron chi connectivity index (χ0n) is 10.6. The van der Waals surface area contributed by atoms with E-state index in [4.69, 9.17) is 4.74 Å². The number of hydrogen-bond donors (Lipinski definition) is 1. The van der Waals surface area contributed by atoms with E-state index < -0.39 is 10.8 Å². The average molecular weight is 330 g/mol. The van der Waals surface area contributed by atoms with E-state index in [0.29, 0.717) is 6.61 Å². The highest BCUT2D eigenvalue weighted by Gasteiger charge is 2.15. The van der Waals surface area contributed by atoms with Crippen LogP contribution in [0.4, 0.5) is 0 Å². The number of methoxy groups -OCH3 is 1. The minimum Gasteiger partial charge on any atom is -0.493 e. The van der Waals surface area contributed by atoms with Crippen molar-refractivity contribution in [3.05, 3.63) is 30.3 Å². The van der Waals surface area contributed by atoms with Crippen molar-refractivity contribution in [2.75, 3.05) is 20.3 Å². The van der Waals surface area contributed by atoms with Gasteiger partial charge in [0.2, 0.25) is 5.91 Å². The molecule has 1 amide bonds. The molecule has 0 saturated carbocycles. The lowest BCUT2D eigenvalue weighted by atomic mass is 10.3. The van der Waals surface area contributed by atoms with Crippen LogP contribution in [0.5, 0.6) is 5.75 Å². The largest absolute Gasteiger partial charge is 0.493 e. The molecule has 0 radical (unpaired) electrons. The van der Waals surface area contributed by atoms with Gasteiger partial charge in [-0.15, -0.1) is 0 Å². The summed E-state index contributed by atoms with van der Waals surface area (Å²) in [6.45, 7) is 0.484. The molecule has 1 aromatic carbocycles. The van der Waals surface area contributed by atoms with Crippen molar-refractivity contribution in [1.29, 1.82) is 0 Å².